The summed E-state index contributed by atoms with van der Waals surface area (Å²) < 4.78 is 71.3. The van der Waals surface area contributed by atoms with E-state index in [9.17, 15) is 35.5 Å². The molecule has 0 spiro atoms. The third-order valence-electron chi connectivity index (χ3n) is 6.08. The van der Waals surface area contributed by atoms with Gasteiger partial charge in [0.15, 0.2) is 11.6 Å². The normalized spacial score (nSPS) is 13.1. The van der Waals surface area contributed by atoms with Crippen molar-refractivity contribution in [3.63, 3.8) is 0 Å². The topological polar surface area (TPSA) is 174 Å². The summed E-state index contributed by atoms with van der Waals surface area (Å²) in [6.45, 7) is 0. The maximum Gasteiger partial charge on any atom is 1.00 e. The van der Waals surface area contributed by atoms with Crippen LogP contribution in [0.15, 0.2) is 70.5 Å². The Morgan fingerprint density at radius 1 is 0.632 bits per heavy atom. The smallest absolute Gasteiger partial charge is 0.744 e. The van der Waals surface area contributed by atoms with Gasteiger partial charge < -0.3 is 9.11 Å². The minimum Gasteiger partial charge on any atom is -0.744 e. The van der Waals surface area contributed by atoms with Gasteiger partial charge in [-0.25, -0.2) is 26.8 Å². The van der Waals surface area contributed by atoms with Crippen LogP contribution in [0.4, 0.5) is 0 Å². The molecule has 14 heteroatoms. The molecule has 0 saturated carbocycles. The van der Waals surface area contributed by atoms with E-state index in [-0.39, 0.29) is 103 Å². The van der Waals surface area contributed by atoms with Crippen LogP contribution < -0.4 is 59.1 Å². The first kappa shape index (κ1) is 28.9. The van der Waals surface area contributed by atoms with E-state index in [1.54, 1.807) is 18.2 Å². The van der Waals surface area contributed by atoms with Crippen LogP contribution in [0.5, 0.6) is 0 Å². The summed E-state index contributed by atoms with van der Waals surface area (Å²) in [5.41, 5.74) is -0.882. The SMILES string of the molecule is O=C1c2ccccc2C(=O)c2c1cc(S(=O)(=O)[O-])c1nc3c(ccc4ccc(S(=O)(=O)[O-])cc43)nc21.[Na+].[Na+]. The van der Waals surface area contributed by atoms with Crippen molar-refractivity contribution in [3.05, 3.63) is 82.9 Å². The van der Waals surface area contributed by atoms with Gasteiger partial charge >= 0.3 is 59.1 Å². The third-order valence-corrected chi connectivity index (χ3v) is 7.77. The van der Waals surface area contributed by atoms with Gasteiger partial charge in [0, 0.05) is 22.1 Å². The van der Waals surface area contributed by atoms with Crippen molar-refractivity contribution in [1.82, 2.24) is 9.97 Å². The number of aromatic nitrogens is 2. The molecule has 0 N–H and O–H groups in total. The summed E-state index contributed by atoms with van der Waals surface area (Å²) in [5, 5.41) is 0.631. The maximum absolute atomic E-state index is 13.4. The molecule has 0 bridgehead atoms. The minimum absolute atomic E-state index is 0. The molecule has 0 aliphatic heterocycles. The number of benzene rings is 4. The molecular weight excluding hydrogens is 554 g/mol. The van der Waals surface area contributed by atoms with Gasteiger partial charge in [-0.2, -0.15) is 0 Å². The second kappa shape index (κ2) is 9.82. The Balaban J connectivity index is 0.00000168. The van der Waals surface area contributed by atoms with E-state index < -0.39 is 47.1 Å². The van der Waals surface area contributed by atoms with Gasteiger partial charge in [0.1, 0.15) is 31.3 Å². The molecule has 4 aromatic carbocycles. The number of rotatable bonds is 2. The van der Waals surface area contributed by atoms with Crippen LogP contribution >= 0.6 is 0 Å². The van der Waals surface area contributed by atoms with Crippen molar-refractivity contribution in [2.75, 3.05) is 0 Å². The Hall–Kier alpha value is -2.10. The number of nitrogens with zero attached hydrogens (tertiary/aromatic N) is 2. The number of carbonyl (C=O) groups is 2. The Morgan fingerprint density at radius 2 is 1.26 bits per heavy atom. The number of hydrogen-bond donors (Lipinski definition) is 0. The molecule has 10 nitrogen and oxygen atoms in total. The van der Waals surface area contributed by atoms with Crippen LogP contribution in [0.3, 0.4) is 0 Å². The Labute approximate surface area is 259 Å². The Morgan fingerprint density at radius 3 is 1.89 bits per heavy atom. The molecule has 0 fully saturated rings. The number of ketones is 2. The van der Waals surface area contributed by atoms with Crippen LogP contribution in [0.2, 0.25) is 0 Å². The van der Waals surface area contributed by atoms with Gasteiger partial charge in [0.25, 0.3) is 0 Å². The van der Waals surface area contributed by atoms with Crippen molar-refractivity contribution in [2.45, 2.75) is 9.79 Å². The largest absolute Gasteiger partial charge is 1.00 e. The zero-order valence-corrected chi connectivity index (χ0v) is 25.4. The van der Waals surface area contributed by atoms with Crippen LogP contribution in [-0.2, 0) is 20.2 Å². The maximum atomic E-state index is 13.4. The van der Waals surface area contributed by atoms with Gasteiger partial charge in [-0.3, -0.25) is 9.59 Å². The molecule has 178 valence electrons. The van der Waals surface area contributed by atoms with Gasteiger partial charge in [-0.15, -0.1) is 0 Å². The van der Waals surface area contributed by atoms with E-state index in [2.05, 4.69) is 9.97 Å². The van der Waals surface area contributed by atoms with Crippen molar-refractivity contribution in [2.24, 2.45) is 0 Å². The molecule has 0 saturated heterocycles. The molecule has 5 aromatic rings. The Kier molecular flexibility index (Phi) is 7.47. The van der Waals surface area contributed by atoms with Gasteiger partial charge in [-0.05, 0) is 29.7 Å². The van der Waals surface area contributed by atoms with Crippen LogP contribution in [0, 0.1) is 0 Å². The van der Waals surface area contributed by atoms with Crippen LogP contribution in [0.1, 0.15) is 31.8 Å². The van der Waals surface area contributed by atoms with Crippen LogP contribution in [-0.4, -0.2) is 47.5 Å². The fourth-order valence-electron chi connectivity index (χ4n) is 4.48. The predicted molar refractivity (Wildman–Crippen MR) is 124 cm³/mol. The van der Waals surface area contributed by atoms with Gasteiger partial charge in [0.2, 0.25) is 0 Å². The van der Waals surface area contributed by atoms with E-state index in [1.165, 1.54) is 24.3 Å². The molecule has 1 aliphatic rings. The van der Waals surface area contributed by atoms with Crippen molar-refractivity contribution < 1.29 is 94.6 Å². The first-order valence-corrected chi connectivity index (χ1v) is 13.1. The number of carbonyl (C=O) groups excluding carboxylic acids is 2. The zero-order chi connectivity index (χ0) is 25.6. The summed E-state index contributed by atoms with van der Waals surface area (Å²) in [5.74, 6) is -1.23. The average Bonchev–Trinajstić information content (AvgIpc) is 2.83. The van der Waals surface area contributed by atoms with Gasteiger partial charge in [-0.1, -0.05) is 36.4 Å². The molecule has 0 radical (unpaired) electrons. The quantitative estimate of drug-likeness (QED) is 0.0890. The molecule has 0 atom stereocenters. The molecule has 1 aliphatic carbocycles. The summed E-state index contributed by atoms with van der Waals surface area (Å²) >= 11 is 0. The number of hydrogen-bond acceptors (Lipinski definition) is 10. The molecule has 0 amide bonds. The van der Waals surface area contributed by atoms with E-state index in [0.717, 1.165) is 18.2 Å². The minimum atomic E-state index is -5.20. The second-order valence-corrected chi connectivity index (χ2v) is 10.9. The molecule has 1 heterocycles. The summed E-state index contributed by atoms with van der Waals surface area (Å²) in [7, 11) is -10.0. The van der Waals surface area contributed by atoms with Crippen LogP contribution in [0.25, 0.3) is 32.8 Å². The predicted octanol–water partition coefficient (Wildman–Crippen LogP) is -3.47. The Bertz CT molecular complexity index is 2100. The fourth-order valence-corrected chi connectivity index (χ4v) is 5.61. The summed E-state index contributed by atoms with van der Waals surface area (Å²) in [4.78, 5) is 33.9. The summed E-state index contributed by atoms with van der Waals surface area (Å²) in [6.07, 6.45) is 0. The summed E-state index contributed by atoms with van der Waals surface area (Å²) in [6, 6.07) is 13.5. The first-order valence-electron chi connectivity index (χ1n) is 10.3. The third kappa shape index (κ3) is 4.44. The second-order valence-electron chi connectivity index (χ2n) is 8.15. The van der Waals surface area contributed by atoms with E-state index >= 15 is 0 Å². The standard InChI is InChI=1S/C24H12N2O8S2.2Na/c27-23-13-3-1-2-4-14(13)24(28)19-16(23)10-18(36(32,33)34)21-22(19)25-17-8-6-11-5-7-12(35(29,30)31)9-15(11)20(17)26-21;;/h1-10H,(H,29,30,31)(H,32,33,34);;/q;2*+1/p-2. The molecule has 1 aromatic heterocycles. The van der Waals surface area contributed by atoms with E-state index in [4.69, 9.17) is 0 Å². The number of fused-ring (bicyclic) bond motifs is 7. The van der Waals surface area contributed by atoms with Gasteiger partial charge in [0.05, 0.1) is 26.4 Å². The molecule has 6 rings (SSSR count). The average molecular weight is 564 g/mol. The van der Waals surface area contributed by atoms with E-state index in [0.29, 0.717) is 5.39 Å². The monoisotopic (exact) mass is 564 g/mol. The zero-order valence-electron chi connectivity index (χ0n) is 19.8. The first-order chi connectivity index (χ1) is 16.9. The van der Waals surface area contributed by atoms with Crippen molar-refractivity contribution >= 4 is 64.6 Å². The molecule has 0 unspecified atom stereocenters. The van der Waals surface area contributed by atoms with Crippen molar-refractivity contribution in [3.8, 4) is 0 Å². The molecular formula is C24H10N2Na2O8S2. The van der Waals surface area contributed by atoms with Crippen molar-refractivity contribution in [1.29, 1.82) is 0 Å². The van der Waals surface area contributed by atoms with E-state index in [1.807, 2.05) is 0 Å². The molecule has 38 heavy (non-hydrogen) atoms. The fraction of sp³-hybridized carbons (Fsp3) is 0.